The molecule has 14 heteroatoms. The molecule has 0 bridgehead atoms. The van der Waals surface area contributed by atoms with E-state index in [0.29, 0.717) is 6.61 Å². The van der Waals surface area contributed by atoms with Gasteiger partial charge in [0.15, 0.2) is 0 Å². The second-order valence-electron chi connectivity index (χ2n) is 4.15. The minimum atomic E-state index is -0.833. The number of rotatable bonds is 1. The Morgan fingerprint density at radius 3 is 0.625 bits per heavy atom. The fraction of sp³-hybridized carbons (Fsp3) is 0.611. The van der Waals surface area contributed by atoms with Crippen LogP contribution in [0.2, 0.25) is 0 Å². The molecule has 4 N–H and O–H groups in total. The molecule has 0 aromatic heterocycles. The van der Waals surface area contributed by atoms with Crippen molar-refractivity contribution in [2.45, 2.75) is 70.2 Å². The van der Waals surface area contributed by atoms with Gasteiger partial charge in [0.1, 0.15) is 0 Å². The zero-order valence-corrected chi connectivity index (χ0v) is 18.1. The van der Waals surface area contributed by atoms with Crippen molar-refractivity contribution in [3.63, 3.8) is 0 Å². The van der Waals surface area contributed by atoms with Gasteiger partial charge in [0, 0.05) is 48.5 Å². The lowest BCUT2D eigenvalue weighted by Crippen LogP contribution is -2.03. The topological polar surface area (TPSA) is 228 Å². The van der Waals surface area contributed by atoms with Crippen molar-refractivity contribution in [2.75, 3.05) is 6.61 Å². The van der Waals surface area contributed by atoms with Gasteiger partial charge in [-0.05, 0) is 6.92 Å². The molecule has 32 heavy (non-hydrogen) atoms. The van der Waals surface area contributed by atoms with Crippen LogP contribution < -0.4 is 0 Å². The number of hydrogen-bond acceptors (Lipinski definition) is 11. The third-order valence-electron chi connectivity index (χ3n) is 0.704. The zero-order valence-electron chi connectivity index (χ0n) is 18.1. The van der Waals surface area contributed by atoms with E-state index in [-0.39, 0.29) is 14.9 Å². The van der Waals surface area contributed by atoms with Gasteiger partial charge in [-0.15, -0.1) is 0 Å². The minimum absolute atomic E-state index is 0. The van der Waals surface area contributed by atoms with E-state index in [2.05, 4.69) is 14.4 Å². The molecule has 0 atom stereocenters. The van der Waals surface area contributed by atoms with Crippen LogP contribution in [0.5, 0.6) is 0 Å². The minimum Gasteiger partial charge on any atom is -0.481 e. The van der Waals surface area contributed by atoms with Crippen LogP contribution in [0.4, 0.5) is 0 Å². The molecule has 0 heterocycles. The van der Waals surface area contributed by atoms with Crippen molar-refractivity contribution < 1.29 is 68.5 Å². The Labute approximate surface area is 188 Å². The first kappa shape index (κ1) is 51.3. The molecule has 0 spiro atoms. The molecule has 0 saturated heterocycles. The van der Waals surface area contributed by atoms with E-state index in [0.717, 1.165) is 20.8 Å². The van der Waals surface area contributed by atoms with Crippen LogP contribution in [0.3, 0.4) is 0 Å². The summed E-state index contributed by atoms with van der Waals surface area (Å²) in [6.07, 6.45) is 0. The van der Waals surface area contributed by atoms with E-state index in [4.69, 9.17) is 35.0 Å². The van der Waals surface area contributed by atoms with Gasteiger partial charge in [0.2, 0.25) is 0 Å². The van der Waals surface area contributed by atoms with Crippen LogP contribution in [0.15, 0.2) is 0 Å². The van der Waals surface area contributed by atoms with Crippen LogP contribution in [0.1, 0.15) is 70.2 Å². The van der Waals surface area contributed by atoms with E-state index >= 15 is 0 Å². The molecule has 0 aliphatic rings. The molecule has 0 fully saturated rings. The molecule has 0 unspecified atom stereocenters. The number of hydrogen-bond donors (Lipinski definition) is 4. The summed E-state index contributed by atoms with van der Waals surface area (Å²) in [5.74, 6) is -4.75. The third-order valence-corrected chi connectivity index (χ3v) is 0.704. The first-order chi connectivity index (χ1) is 13.4. The number of aliphatic carboxylic acids is 3. The molecule has 194 valence electrons. The maximum Gasteiger partial charge on any atom is 0.310 e. The highest BCUT2D eigenvalue weighted by atomic mass is 17.1. The molecule has 0 aromatic rings. The molecular weight excluding hydrogens is 440 g/mol. The molecule has 0 radical (unpaired) electrons. The summed E-state index contributed by atoms with van der Waals surface area (Å²) in [6.45, 7) is 10.1. The fourth-order valence-electron chi connectivity index (χ4n) is 0.405. The number of carbonyl (C=O) groups excluding carboxylic acids is 4. The van der Waals surface area contributed by atoms with Gasteiger partial charge in [0.25, 0.3) is 17.9 Å². The second kappa shape index (κ2) is 41.9. The number of carbonyl (C=O) groups is 7. The summed E-state index contributed by atoms with van der Waals surface area (Å²) in [7, 11) is 0. The molecule has 14 nitrogen and oxygen atoms in total. The monoisotopic (exact) mass is 478 g/mol. The van der Waals surface area contributed by atoms with Gasteiger partial charge in [0.05, 0.1) is 6.61 Å². The van der Waals surface area contributed by atoms with Crippen molar-refractivity contribution in [1.29, 1.82) is 0 Å². The van der Waals surface area contributed by atoms with E-state index in [1.807, 2.05) is 0 Å². The van der Waals surface area contributed by atoms with Crippen LogP contribution >= 0.6 is 0 Å². The first-order valence-electron chi connectivity index (χ1n) is 7.59. The Bertz CT molecular complexity index is 419. The molecule has 0 saturated carbocycles. The highest BCUT2D eigenvalue weighted by Gasteiger charge is 1.94. The highest BCUT2D eigenvalue weighted by Crippen LogP contribution is 1.74. The fourth-order valence-corrected chi connectivity index (χ4v) is 0.405. The SMILES string of the molecule is C.C.CC(=O)O.CC(=O)O.CC(=O)O.CC(=O)OC(C)=O.CC(=O)OC(C)=O.CCOO. The molecule has 0 rings (SSSR count). The Hall–Kier alpha value is -3.39. The average molecular weight is 478 g/mol. The number of carboxylic acid groups (broad SMARTS) is 3. The Balaban J connectivity index is -0.0000000363. The van der Waals surface area contributed by atoms with E-state index < -0.39 is 41.8 Å². The zero-order chi connectivity index (χ0) is 25.9. The van der Waals surface area contributed by atoms with Gasteiger partial charge < -0.3 is 24.8 Å². The second-order valence-corrected chi connectivity index (χ2v) is 4.15. The Morgan fingerprint density at radius 1 is 0.531 bits per heavy atom. The van der Waals surface area contributed by atoms with Crippen LogP contribution in [0, 0.1) is 0 Å². The summed E-state index contributed by atoms with van der Waals surface area (Å²) in [5, 5.41) is 29.6. The first-order valence-corrected chi connectivity index (χ1v) is 7.59. The van der Waals surface area contributed by atoms with Crippen molar-refractivity contribution >= 4 is 41.8 Å². The maximum absolute atomic E-state index is 9.81. The van der Waals surface area contributed by atoms with Gasteiger partial charge in [-0.2, -0.15) is 0 Å². The quantitative estimate of drug-likeness (QED) is 0.183. The molecule has 0 aromatic carbocycles. The summed E-state index contributed by atoms with van der Waals surface area (Å²) in [5.41, 5.74) is 0. The predicted molar refractivity (Wildman–Crippen MR) is 113 cm³/mol. The van der Waals surface area contributed by atoms with E-state index in [1.165, 1.54) is 27.7 Å². The molecule has 0 amide bonds. The molecule has 0 aliphatic heterocycles. The van der Waals surface area contributed by atoms with Crippen molar-refractivity contribution in [3.05, 3.63) is 0 Å². The van der Waals surface area contributed by atoms with E-state index in [9.17, 15) is 19.2 Å². The number of ether oxygens (including phenoxy) is 2. The standard InChI is InChI=1S/2C4H6O3.C2H6O2.3C2H4O2.2CH4/c2*1-3(5)7-4(2)6;1-2-4-3;3*1-2(3)4;;/h2*1-2H3;3H,2H2,1H3;3*1H3,(H,3,4);2*1H4. The van der Waals surface area contributed by atoms with Gasteiger partial charge in [-0.25, -0.2) is 4.89 Å². The predicted octanol–water partition coefficient (Wildman–Crippen LogP) is 2.23. The van der Waals surface area contributed by atoms with Crippen molar-refractivity contribution in [1.82, 2.24) is 0 Å². The Kier molecular flexibility index (Phi) is 67.2. The lowest BCUT2D eigenvalue weighted by atomic mass is 10.7. The maximum atomic E-state index is 9.81. The third kappa shape index (κ3) is 555. The molecular formula is C18H38O14. The largest absolute Gasteiger partial charge is 0.481 e. The summed E-state index contributed by atoms with van der Waals surface area (Å²) >= 11 is 0. The van der Waals surface area contributed by atoms with Crippen LogP contribution in [0.25, 0.3) is 0 Å². The summed E-state index contributed by atoms with van der Waals surface area (Å²) in [4.78, 5) is 69.8. The van der Waals surface area contributed by atoms with Crippen LogP contribution in [-0.2, 0) is 47.9 Å². The van der Waals surface area contributed by atoms with Gasteiger partial charge in [-0.1, -0.05) is 14.9 Å². The van der Waals surface area contributed by atoms with E-state index in [1.54, 1.807) is 6.92 Å². The lowest BCUT2D eigenvalue weighted by molar-refractivity contribution is -0.237. The summed E-state index contributed by atoms with van der Waals surface area (Å²) < 4.78 is 7.94. The number of esters is 4. The Morgan fingerprint density at radius 2 is 0.625 bits per heavy atom. The average Bonchev–Trinajstić information content (AvgIpc) is 2.43. The normalized spacial score (nSPS) is 6.66. The lowest BCUT2D eigenvalue weighted by Gasteiger charge is -1.87. The number of carboxylic acids is 3. The smallest absolute Gasteiger partial charge is 0.310 e. The molecule has 0 aliphatic carbocycles. The van der Waals surface area contributed by atoms with Crippen molar-refractivity contribution in [2.24, 2.45) is 0 Å². The van der Waals surface area contributed by atoms with Gasteiger partial charge >= 0.3 is 23.9 Å². The van der Waals surface area contributed by atoms with Crippen LogP contribution in [-0.4, -0.2) is 69.0 Å². The van der Waals surface area contributed by atoms with Gasteiger partial charge in [-0.3, -0.25) is 38.8 Å². The summed E-state index contributed by atoms with van der Waals surface area (Å²) in [6, 6.07) is 0. The van der Waals surface area contributed by atoms with Crippen molar-refractivity contribution in [3.8, 4) is 0 Å². The highest BCUT2D eigenvalue weighted by molar-refractivity contribution is 5.82.